The van der Waals surface area contributed by atoms with Gasteiger partial charge in [-0.15, -0.1) is 0 Å². The van der Waals surface area contributed by atoms with Crippen molar-refractivity contribution in [2.75, 3.05) is 6.54 Å². The molecule has 1 aromatic rings. The van der Waals surface area contributed by atoms with Crippen molar-refractivity contribution in [1.82, 2.24) is 15.6 Å². The summed E-state index contributed by atoms with van der Waals surface area (Å²) in [6, 6.07) is 4.25. The maximum absolute atomic E-state index is 11.8. The highest BCUT2D eigenvalue weighted by atomic mass is 16.1. The fourth-order valence-electron chi connectivity index (χ4n) is 2.17. The fourth-order valence-corrected chi connectivity index (χ4v) is 2.17. The van der Waals surface area contributed by atoms with E-state index in [4.69, 9.17) is 0 Å². The summed E-state index contributed by atoms with van der Waals surface area (Å²) in [6.45, 7) is 3.02. The van der Waals surface area contributed by atoms with Crippen LogP contribution in [0.4, 0.5) is 0 Å². The number of hydrogen-bond acceptors (Lipinski definition) is 3. The molecule has 1 aliphatic heterocycles. The van der Waals surface area contributed by atoms with Crippen molar-refractivity contribution < 1.29 is 4.79 Å². The highest BCUT2D eigenvalue weighted by Gasteiger charge is 2.18. The molecule has 2 rings (SSSR count). The van der Waals surface area contributed by atoms with Crippen LogP contribution in [0.15, 0.2) is 24.5 Å². The van der Waals surface area contributed by atoms with Gasteiger partial charge in [-0.3, -0.25) is 9.78 Å². The van der Waals surface area contributed by atoms with Crippen LogP contribution in [0.5, 0.6) is 0 Å². The maximum Gasteiger partial charge on any atom is 0.222 e. The molecule has 0 bridgehead atoms. The van der Waals surface area contributed by atoms with Gasteiger partial charge in [-0.1, -0.05) is 6.07 Å². The number of carbonyl (C=O) groups is 1. The monoisotopic (exact) mass is 233 g/mol. The summed E-state index contributed by atoms with van der Waals surface area (Å²) in [7, 11) is 0. The molecule has 4 heteroatoms. The number of aromatic nitrogens is 1. The van der Waals surface area contributed by atoms with Gasteiger partial charge in [0.1, 0.15) is 0 Å². The first-order valence-electron chi connectivity index (χ1n) is 6.18. The summed E-state index contributed by atoms with van der Waals surface area (Å²) in [4.78, 5) is 15.9. The molecule has 1 aliphatic rings. The number of nitrogens with one attached hydrogen (secondary N) is 2. The molecule has 17 heavy (non-hydrogen) atoms. The number of pyridine rings is 1. The average Bonchev–Trinajstić information content (AvgIpc) is 2.82. The van der Waals surface area contributed by atoms with Gasteiger partial charge in [0.05, 0.1) is 6.04 Å². The lowest BCUT2D eigenvalue weighted by Gasteiger charge is -2.16. The molecular weight excluding hydrogens is 214 g/mol. The summed E-state index contributed by atoms with van der Waals surface area (Å²) >= 11 is 0. The van der Waals surface area contributed by atoms with Crippen LogP contribution in [0.25, 0.3) is 0 Å². The molecule has 4 nitrogen and oxygen atoms in total. The number of hydrogen-bond donors (Lipinski definition) is 2. The highest BCUT2D eigenvalue weighted by molar-refractivity contribution is 5.77. The van der Waals surface area contributed by atoms with Gasteiger partial charge in [-0.05, 0) is 37.9 Å². The minimum Gasteiger partial charge on any atom is -0.349 e. The predicted octanol–water partition coefficient (Wildman–Crippen LogP) is 1.40. The van der Waals surface area contributed by atoms with Crippen LogP contribution in [0.3, 0.4) is 0 Å². The zero-order valence-corrected chi connectivity index (χ0v) is 10.1. The van der Waals surface area contributed by atoms with Crippen molar-refractivity contribution in [3.63, 3.8) is 0 Å². The van der Waals surface area contributed by atoms with E-state index in [0.717, 1.165) is 18.5 Å². The molecule has 1 fully saturated rings. The zero-order chi connectivity index (χ0) is 12.1. The van der Waals surface area contributed by atoms with Gasteiger partial charge in [0.15, 0.2) is 0 Å². The van der Waals surface area contributed by atoms with E-state index in [1.54, 1.807) is 12.4 Å². The smallest absolute Gasteiger partial charge is 0.222 e. The van der Waals surface area contributed by atoms with E-state index in [9.17, 15) is 4.79 Å². The minimum absolute atomic E-state index is 0.0256. The van der Waals surface area contributed by atoms with E-state index >= 15 is 0 Å². The third kappa shape index (κ3) is 3.53. The maximum atomic E-state index is 11.8. The summed E-state index contributed by atoms with van der Waals surface area (Å²) in [5.41, 5.74) is 1.04. The van der Waals surface area contributed by atoms with E-state index in [1.807, 2.05) is 19.1 Å². The van der Waals surface area contributed by atoms with Crippen LogP contribution in [-0.4, -0.2) is 23.5 Å². The third-order valence-corrected chi connectivity index (χ3v) is 3.16. The van der Waals surface area contributed by atoms with E-state index in [0.29, 0.717) is 12.5 Å². The first-order valence-corrected chi connectivity index (χ1v) is 6.18. The van der Waals surface area contributed by atoms with E-state index in [2.05, 4.69) is 15.6 Å². The lowest BCUT2D eigenvalue weighted by molar-refractivity contribution is -0.122. The first kappa shape index (κ1) is 12.0. The number of amides is 1. The molecule has 92 valence electrons. The highest BCUT2D eigenvalue weighted by Crippen LogP contribution is 2.12. The van der Waals surface area contributed by atoms with Gasteiger partial charge in [0.2, 0.25) is 5.91 Å². The molecule has 1 amide bonds. The van der Waals surface area contributed by atoms with Crippen molar-refractivity contribution in [3.8, 4) is 0 Å². The molecule has 0 aromatic carbocycles. The standard InChI is InChI=1S/C13H19N3O/c1-10(11-4-2-6-14-9-11)16-13(17)8-12-5-3-7-15-12/h2,4,6,9-10,12,15H,3,5,7-8H2,1H3,(H,16,17)/t10-,12?/m1/s1. The SMILES string of the molecule is C[C@@H](NC(=O)CC1CCCN1)c1cccnc1. The first-order chi connectivity index (χ1) is 8.25. The van der Waals surface area contributed by atoms with Crippen molar-refractivity contribution in [3.05, 3.63) is 30.1 Å². The topological polar surface area (TPSA) is 54.0 Å². The zero-order valence-electron chi connectivity index (χ0n) is 10.1. The molecule has 0 saturated carbocycles. The second-order valence-corrected chi connectivity index (χ2v) is 4.57. The average molecular weight is 233 g/mol. The molecule has 1 aromatic heterocycles. The van der Waals surface area contributed by atoms with Crippen LogP contribution in [0.2, 0.25) is 0 Å². The fraction of sp³-hybridized carbons (Fsp3) is 0.538. The van der Waals surface area contributed by atoms with E-state index in [-0.39, 0.29) is 11.9 Å². The molecular formula is C13H19N3O. The Morgan fingerprint density at radius 1 is 1.71 bits per heavy atom. The minimum atomic E-state index is 0.0256. The number of rotatable bonds is 4. The van der Waals surface area contributed by atoms with Crippen molar-refractivity contribution in [2.45, 2.75) is 38.3 Å². The summed E-state index contributed by atoms with van der Waals surface area (Å²) in [5.74, 6) is 0.112. The third-order valence-electron chi connectivity index (χ3n) is 3.16. The van der Waals surface area contributed by atoms with Gasteiger partial charge in [-0.25, -0.2) is 0 Å². The molecule has 2 N–H and O–H groups in total. The Labute approximate surface area is 102 Å². The van der Waals surface area contributed by atoms with Gasteiger partial charge >= 0.3 is 0 Å². The molecule has 1 saturated heterocycles. The summed E-state index contributed by atoms with van der Waals surface area (Å²) in [5, 5.41) is 6.33. The summed E-state index contributed by atoms with van der Waals surface area (Å²) in [6.07, 6.45) is 6.38. The Bertz CT molecular complexity index is 360. The van der Waals surface area contributed by atoms with Crippen LogP contribution in [0.1, 0.15) is 37.8 Å². The quantitative estimate of drug-likeness (QED) is 0.826. The van der Waals surface area contributed by atoms with Gasteiger partial charge in [-0.2, -0.15) is 0 Å². The molecule has 2 heterocycles. The Kier molecular flexibility index (Phi) is 4.09. The Morgan fingerprint density at radius 2 is 2.59 bits per heavy atom. The molecule has 2 atom stereocenters. The number of nitrogens with zero attached hydrogens (tertiary/aromatic N) is 1. The normalized spacial score (nSPS) is 21.1. The van der Waals surface area contributed by atoms with Crippen LogP contribution in [0, 0.1) is 0 Å². The Morgan fingerprint density at radius 3 is 3.24 bits per heavy atom. The molecule has 0 aliphatic carbocycles. The Hall–Kier alpha value is -1.42. The second kappa shape index (κ2) is 5.77. The summed E-state index contributed by atoms with van der Waals surface area (Å²) < 4.78 is 0. The van der Waals surface area contributed by atoms with Crippen molar-refractivity contribution >= 4 is 5.91 Å². The van der Waals surface area contributed by atoms with Crippen LogP contribution >= 0.6 is 0 Å². The van der Waals surface area contributed by atoms with Gasteiger partial charge in [0.25, 0.3) is 0 Å². The molecule has 0 spiro atoms. The van der Waals surface area contributed by atoms with E-state index in [1.165, 1.54) is 6.42 Å². The van der Waals surface area contributed by atoms with Crippen molar-refractivity contribution in [2.24, 2.45) is 0 Å². The largest absolute Gasteiger partial charge is 0.349 e. The predicted molar refractivity (Wildman–Crippen MR) is 66.4 cm³/mol. The second-order valence-electron chi connectivity index (χ2n) is 4.57. The van der Waals surface area contributed by atoms with Crippen LogP contribution in [-0.2, 0) is 4.79 Å². The van der Waals surface area contributed by atoms with Gasteiger partial charge < -0.3 is 10.6 Å². The lowest BCUT2D eigenvalue weighted by Crippen LogP contribution is -2.33. The Balaban J connectivity index is 1.81. The van der Waals surface area contributed by atoms with Gasteiger partial charge in [0, 0.05) is 24.9 Å². The lowest BCUT2D eigenvalue weighted by atomic mass is 10.1. The number of carbonyl (C=O) groups excluding carboxylic acids is 1. The van der Waals surface area contributed by atoms with E-state index < -0.39 is 0 Å². The molecule has 0 radical (unpaired) electrons. The van der Waals surface area contributed by atoms with Crippen molar-refractivity contribution in [1.29, 1.82) is 0 Å². The molecule has 1 unspecified atom stereocenters. The van der Waals surface area contributed by atoms with Crippen LogP contribution < -0.4 is 10.6 Å².